The summed E-state index contributed by atoms with van der Waals surface area (Å²) in [6.45, 7) is 1.49. The molecule has 7 nitrogen and oxygen atoms in total. The first-order valence-electron chi connectivity index (χ1n) is 6.78. The van der Waals surface area contributed by atoms with Crippen molar-refractivity contribution in [1.82, 2.24) is 15.0 Å². The summed E-state index contributed by atoms with van der Waals surface area (Å²) in [5, 5.41) is 23.4. The summed E-state index contributed by atoms with van der Waals surface area (Å²) >= 11 is 5.64. The maximum atomic E-state index is 11.4. The van der Waals surface area contributed by atoms with Gasteiger partial charge in [-0.15, -0.1) is 11.6 Å². The van der Waals surface area contributed by atoms with Crippen LogP contribution in [0.4, 0.5) is 0 Å². The Labute approximate surface area is 151 Å². The molecule has 0 spiro atoms. The standard InChI is InChI=1S/C14H18N5OS.O.Tc/c20-14(9-15-6-7-21)16-8-13-11-19(18-17-13)10-12-4-2-1-3-5-12;;/h1-5,11,21H,6-10H2,(H,16,20);;/q-1;;+3/p-2. The van der Waals surface area contributed by atoms with Gasteiger partial charge in [0.1, 0.15) is 5.69 Å². The molecule has 1 aromatic carbocycles. The summed E-state index contributed by atoms with van der Waals surface area (Å²) in [6, 6.07) is 9.98. The van der Waals surface area contributed by atoms with Crippen molar-refractivity contribution in [2.75, 3.05) is 18.8 Å². The van der Waals surface area contributed by atoms with Crippen molar-refractivity contribution in [2.45, 2.75) is 13.1 Å². The van der Waals surface area contributed by atoms with Crippen LogP contribution in [0.3, 0.4) is 0 Å². The monoisotopic (exact) mass is 415 g/mol. The van der Waals surface area contributed by atoms with Crippen molar-refractivity contribution >= 4 is 18.5 Å². The molecule has 2 aromatic rings. The third kappa shape index (κ3) is 8.13. The summed E-state index contributed by atoms with van der Waals surface area (Å²) in [6.07, 6.45) is 1.80. The van der Waals surface area contributed by atoms with E-state index in [1.807, 2.05) is 30.3 Å². The average Bonchev–Trinajstić information content (AvgIpc) is 3.03. The number of rotatable bonds is 8. The second-order valence-corrected chi connectivity index (χ2v) is 4.82. The molecule has 0 aliphatic carbocycles. The Morgan fingerprint density at radius 2 is 2.09 bits per heavy atom. The molecule has 0 radical (unpaired) electrons. The van der Waals surface area contributed by atoms with Crippen LogP contribution in [-0.4, -0.2) is 39.7 Å². The van der Waals surface area contributed by atoms with E-state index in [0.717, 1.165) is 24.4 Å². The topological polar surface area (TPSA) is 97.3 Å². The second kappa shape index (κ2) is 12.1. The molecule has 0 saturated carbocycles. The third-order valence-electron chi connectivity index (χ3n) is 2.69. The van der Waals surface area contributed by atoms with Crippen molar-refractivity contribution in [1.29, 1.82) is 0 Å². The molecule has 0 saturated heterocycles. The predicted molar refractivity (Wildman–Crippen MR) is 82.7 cm³/mol. The van der Waals surface area contributed by atoms with Crippen LogP contribution in [0, 0.1) is 0 Å². The molecule has 0 bridgehead atoms. The van der Waals surface area contributed by atoms with Crippen LogP contribution in [0.25, 0.3) is 5.32 Å². The number of aromatic nitrogens is 3. The van der Waals surface area contributed by atoms with Gasteiger partial charge in [0.05, 0.1) is 19.3 Å². The number of hydrogen-bond donors (Lipinski definition) is 0. The SMILES string of the molecule is [O-]C(C[N-]CC[S-])=NCc1cn(Cc2ccccc2)nn1.[O]=[Tc+3]. The van der Waals surface area contributed by atoms with Gasteiger partial charge in [-0.25, -0.2) is 4.68 Å². The number of aliphatic imine (C=N–C) groups is 1. The predicted octanol–water partition coefficient (Wildman–Crippen LogP) is 0.384. The van der Waals surface area contributed by atoms with E-state index in [0.29, 0.717) is 24.5 Å². The normalized spacial score (nSPS) is 10.9. The first-order valence-corrected chi connectivity index (χ1v) is 8.11. The van der Waals surface area contributed by atoms with Gasteiger partial charge in [-0.2, -0.15) is 12.3 Å². The fraction of sp³-hybridized carbons (Fsp3) is 0.357. The van der Waals surface area contributed by atoms with Crippen molar-refractivity contribution in [3.05, 3.63) is 53.1 Å². The maximum absolute atomic E-state index is 11.4. The van der Waals surface area contributed by atoms with E-state index in [-0.39, 0.29) is 19.0 Å². The van der Waals surface area contributed by atoms with Gasteiger partial charge in [-0.1, -0.05) is 41.4 Å². The molecule has 0 aliphatic heterocycles. The van der Waals surface area contributed by atoms with Crippen LogP contribution >= 0.6 is 0 Å². The number of nitrogens with zero attached hydrogens (tertiary/aromatic N) is 5. The van der Waals surface area contributed by atoms with Crippen LogP contribution < -0.4 is 5.11 Å². The summed E-state index contributed by atoms with van der Waals surface area (Å²) in [7, 11) is 0. The Kier molecular flexibility index (Phi) is 10.3. The molecule has 1 heterocycles. The van der Waals surface area contributed by atoms with Gasteiger partial charge in [0, 0.05) is 0 Å². The Morgan fingerprint density at radius 1 is 1.35 bits per heavy atom. The summed E-state index contributed by atoms with van der Waals surface area (Å²) in [4.78, 5) is 3.90. The van der Waals surface area contributed by atoms with E-state index < -0.39 is 0 Å². The minimum absolute atomic E-state index is 0.0921. The van der Waals surface area contributed by atoms with Gasteiger partial charge in [-0.05, 0) is 5.56 Å². The van der Waals surface area contributed by atoms with Crippen LogP contribution in [0.1, 0.15) is 11.3 Å². The number of benzene rings is 1. The molecular formula is C14H16N5O2STc. The zero-order valence-electron chi connectivity index (χ0n) is 12.3. The third-order valence-corrected chi connectivity index (χ3v) is 2.87. The Morgan fingerprint density at radius 3 is 2.78 bits per heavy atom. The van der Waals surface area contributed by atoms with Gasteiger partial charge < -0.3 is 28.0 Å². The van der Waals surface area contributed by atoms with E-state index >= 15 is 0 Å². The van der Waals surface area contributed by atoms with Crippen molar-refractivity contribution < 1.29 is 27.5 Å². The molecule has 23 heavy (non-hydrogen) atoms. The molecule has 122 valence electrons. The molecule has 0 amide bonds. The molecule has 0 aliphatic rings. The first kappa shape index (κ1) is 19.6. The van der Waals surface area contributed by atoms with Gasteiger partial charge in [0.2, 0.25) is 0 Å². The van der Waals surface area contributed by atoms with Gasteiger partial charge >= 0.3 is 22.4 Å². The molecule has 9 heteroatoms. The molecule has 0 atom stereocenters. The minimum atomic E-state index is -0.254. The molecule has 0 fully saturated rings. The Hall–Kier alpha value is -1.41. The molecule has 0 N–H and O–H groups in total. The van der Waals surface area contributed by atoms with Gasteiger partial charge in [0.25, 0.3) is 0 Å². The summed E-state index contributed by atoms with van der Waals surface area (Å²) in [5.74, 6) is 0.275. The fourth-order valence-corrected chi connectivity index (χ4v) is 1.85. The Balaban J connectivity index is 0.00000127. The van der Waals surface area contributed by atoms with Crippen LogP contribution in [0.2, 0.25) is 0 Å². The van der Waals surface area contributed by atoms with Crippen LogP contribution in [0.5, 0.6) is 0 Å². The second-order valence-electron chi connectivity index (χ2n) is 4.41. The van der Waals surface area contributed by atoms with Gasteiger partial charge in [0.15, 0.2) is 0 Å². The number of hydrogen-bond acceptors (Lipinski definition) is 6. The van der Waals surface area contributed by atoms with Crippen molar-refractivity contribution in [2.24, 2.45) is 4.99 Å². The van der Waals surface area contributed by atoms with Crippen molar-refractivity contribution in [3.63, 3.8) is 0 Å². The quantitative estimate of drug-likeness (QED) is 0.268. The van der Waals surface area contributed by atoms with E-state index in [1.54, 1.807) is 10.9 Å². The fourth-order valence-electron chi connectivity index (χ4n) is 1.72. The van der Waals surface area contributed by atoms with E-state index in [1.165, 1.54) is 0 Å². The zero-order chi connectivity index (χ0) is 16.9. The molecular weight excluding hydrogens is 400 g/mol. The van der Waals surface area contributed by atoms with Crippen LogP contribution in [0.15, 0.2) is 41.5 Å². The average molecular weight is 416 g/mol. The summed E-state index contributed by atoms with van der Waals surface area (Å²) in [5.41, 5.74) is 1.81. The molecule has 2 rings (SSSR count). The summed E-state index contributed by atoms with van der Waals surface area (Å²) < 4.78 is 9.95. The van der Waals surface area contributed by atoms with E-state index in [9.17, 15) is 5.11 Å². The van der Waals surface area contributed by atoms with E-state index in [4.69, 9.17) is 16.1 Å². The molecule has 0 unspecified atom stereocenters. The van der Waals surface area contributed by atoms with Crippen LogP contribution in [-0.2, 0) is 48.1 Å². The zero-order valence-corrected chi connectivity index (χ0v) is 15.0. The Bertz CT molecular complexity index is 594. The van der Waals surface area contributed by atoms with Gasteiger partial charge in [-0.3, -0.25) is 0 Å². The first-order chi connectivity index (χ1) is 11.3. The van der Waals surface area contributed by atoms with E-state index in [2.05, 4.69) is 20.6 Å². The van der Waals surface area contributed by atoms with Crippen molar-refractivity contribution in [3.8, 4) is 0 Å². The molecule has 1 aromatic heterocycles.